The highest BCUT2D eigenvalue weighted by Gasteiger charge is 2.39. The van der Waals surface area contributed by atoms with Crippen molar-refractivity contribution in [3.05, 3.63) is 42.0 Å². The lowest BCUT2D eigenvalue weighted by atomic mass is 9.98. The van der Waals surface area contributed by atoms with E-state index in [1.807, 2.05) is 18.2 Å². The molecule has 3 atom stereocenters. The third-order valence-electron chi connectivity index (χ3n) is 7.68. The molecule has 5 heteroatoms. The highest BCUT2D eigenvalue weighted by Crippen LogP contribution is 2.41. The highest BCUT2D eigenvalue weighted by atomic mass is 28.4. The zero-order chi connectivity index (χ0) is 27.3. The van der Waals surface area contributed by atoms with E-state index in [0.29, 0.717) is 6.42 Å². The zero-order valence-electron chi connectivity index (χ0n) is 24.7. The van der Waals surface area contributed by atoms with Gasteiger partial charge in [0.1, 0.15) is 11.9 Å². The summed E-state index contributed by atoms with van der Waals surface area (Å²) in [5.74, 6) is 7.87. The summed E-state index contributed by atoms with van der Waals surface area (Å²) in [7, 11) is -0.350. The average molecular weight is 529 g/mol. The SMILES string of the molecule is C=CCc1c(OC)cccc1[C@H](C#CCC[C@H](CCCCC)OC1CCCCO1)O[Si](C)(C)C(C)(C)C. The van der Waals surface area contributed by atoms with Crippen LogP contribution in [0.1, 0.15) is 103 Å². The maximum Gasteiger partial charge on any atom is 0.194 e. The Morgan fingerprint density at radius 3 is 2.59 bits per heavy atom. The molecule has 0 radical (unpaired) electrons. The largest absolute Gasteiger partial charge is 0.496 e. The molecule has 1 aliphatic rings. The van der Waals surface area contributed by atoms with Crippen LogP contribution in [0.25, 0.3) is 0 Å². The summed E-state index contributed by atoms with van der Waals surface area (Å²) < 4.78 is 24.9. The molecular formula is C32H52O4Si. The molecule has 0 saturated carbocycles. The number of methoxy groups -OCH3 is 1. The van der Waals surface area contributed by atoms with E-state index < -0.39 is 8.32 Å². The van der Waals surface area contributed by atoms with Gasteiger partial charge in [0.15, 0.2) is 14.6 Å². The van der Waals surface area contributed by atoms with E-state index in [9.17, 15) is 0 Å². The molecule has 1 aromatic carbocycles. The van der Waals surface area contributed by atoms with Gasteiger partial charge in [-0.3, -0.25) is 0 Å². The Morgan fingerprint density at radius 1 is 1.19 bits per heavy atom. The van der Waals surface area contributed by atoms with Gasteiger partial charge in [-0.1, -0.05) is 71.1 Å². The third-order valence-corrected chi connectivity index (χ3v) is 12.1. The van der Waals surface area contributed by atoms with Crippen molar-refractivity contribution in [2.75, 3.05) is 13.7 Å². The van der Waals surface area contributed by atoms with E-state index in [1.54, 1.807) is 7.11 Å². The predicted octanol–water partition coefficient (Wildman–Crippen LogP) is 8.76. The Hall–Kier alpha value is -1.58. The maximum atomic E-state index is 6.91. The molecule has 0 amide bonds. The molecule has 1 aliphatic heterocycles. The smallest absolute Gasteiger partial charge is 0.194 e. The fourth-order valence-corrected chi connectivity index (χ4v) is 5.49. The quantitative estimate of drug-likeness (QED) is 0.105. The molecule has 2 rings (SSSR count). The average Bonchev–Trinajstić information content (AvgIpc) is 2.86. The second-order valence-electron chi connectivity index (χ2n) is 11.7. The van der Waals surface area contributed by atoms with Gasteiger partial charge in [-0.25, -0.2) is 0 Å². The monoisotopic (exact) mass is 528 g/mol. The molecule has 0 aromatic heterocycles. The first kappa shape index (κ1) is 31.6. The molecule has 208 valence electrons. The fourth-order valence-electron chi connectivity index (χ4n) is 4.36. The van der Waals surface area contributed by atoms with Crippen LogP contribution in [0, 0.1) is 11.8 Å². The van der Waals surface area contributed by atoms with Crippen molar-refractivity contribution in [3.63, 3.8) is 0 Å². The minimum atomic E-state index is -2.07. The maximum absolute atomic E-state index is 6.91. The van der Waals surface area contributed by atoms with Crippen LogP contribution < -0.4 is 4.74 Å². The van der Waals surface area contributed by atoms with Crippen molar-refractivity contribution >= 4 is 8.32 Å². The number of hydrogen-bond donors (Lipinski definition) is 0. The second kappa shape index (κ2) is 15.7. The van der Waals surface area contributed by atoms with Gasteiger partial charge >= 0.3 is 0 Å². The first-order chi connectivity index (χ1) is 17.6. The molecule has 0 N–H and O–H groups in total. The van der Waals surface area contributed by atoms with Crippen LogP contribution in [-0.2, 0) is 20.3 Å². The van der Waals surface area contributed by atoms with Crippen LogP contribution in [0.4, 0.5) is 0 Å². The first-order valence-corrected chi connectivity index (χ1v) is 17.2. The van der Waals surface area contributed by atoms with Gasteiger partial charge in [-0.2, -0.15) is 0 Å². The number of allylic oxidation sites excluding steroid dienone is 1. The van der Waals surface area contributed by atoms with E-state index in [1.165, 1.54) is 25.7 Å². The molecule has 1 unspecified atom stereocenters. The number of hydrogen-bond acceptors (Lipinski definition) is 4. The van der Waals surface area contributed by atoms with Crippen LogP contribution >= 0.6 is 0 Å². The molecule has 0 spiro atoms. The van der Waals surface area contributed by atoms with Crippen molar-refractivity contribution in [2.45, 2.75) is 129 Å². The summed E-state index contributed by atoms with van der Waals surface area (Å²) in [6.07, 6.45) is 12.2. The van der Waals surface area contributed by atoms with Gasteiger partial charge in [-0.05, 0) is 68.3 Å². The second-order valence-corrected chi connectivity index (χ2v) is 16.4. The van der Waals surface area contributed by atoms with Crippen LogP contribution in [0.5, 0.6) is 5.75 Å². The number of unbranched alkanes of at least 4 members (excludes halogenated alkanes) is 2. The van der Waals surface area contributed by atoms with Gasteiger partial charge in [0.2, 0.25) is 0 Å². The molecule has 1 saturated heterocycles. The van der Waals surface area contributed by atoms with Crippen molar-refractivity contribution in [1.29, 1.82) is 0 Å². The minimum Gasteiger partial charge on any atom is -0.496 e. The van der Waals surface area contributed by atoms with Crippen molar-refractivity contribution in [1.82, 2.24) is 0 Å². The Morgan fingerprint density at radius 2 is 1.97 bits per heavy atom. The van der Waals surface area contributed by atoms with Gasteiger partial charge in [0, 0.05) is 18.6 Å². The van der Waals surface area contributed by atoms with E-state index >= 15 is 0 Å². The highest BCUT2D eigenvalue weighted by molar-refractivity contribution is 6.74. The van der Waals surface area contributed by atoms with Crippen LogP contribution in [-0.4, -0.2) is 34.4 Å². The Balaban J connectivity index is 2.24. The summed E-state index contributed by atoms with van der Waals surface area (Å²) in [5.41, 5.74) is 2.19. The lowest BCUT2D eigenvalue weighted by Gasteiger charge is -2.38. The Bertz CT molecular complexity index is 871. The molecular weight excluding hydrogens is 476 g/mol. The number of rotatable bonds is 14. The number of benzene rings is 1. The van der Waals surface area contributed by atoms with Gasteiger partial charge in [0.05, 0.1) is 13.2 Å². The Kier molecular flexibility index (Phi) is 13.5. The van der Waals surface area contributed by atoms with Crippen molar-refractivity contribution < 1.29 is 18.6 Å². The van der Waals surface area contributed by atoms with E-state index in [-0.39, 0.29) is 23.5 Å². The molecule has 0 bridgehead atoms. The molecule has 1 heterocycles. The Labute approximate surface area is 228 Å². The molecule has 1 fully saturated rings. The number of ether oxygens (including phenoxy) is 3. The lowest BCUT2D eigenvalue weighted by Crippen LogP contribution is -2.41. The van der Waals surface area contributed by atoms with E-state index in [4.69, 9.17) is 18.6 Å². The van der Waals surface area contributed by atoms with Gasteiger partial charge < -0.3 is 18.6 Å². The zero-order valence-corrected chi connectivity index (χ0v) is 25.7. The third kappa shape index (κ3) is 10.2. The summed E-state index contributed by atoms with van der Waals surface area (Å²) >= 11 is 0. The van der Waals surface area contributed by atoms with Crippen LogP contribution in [0.15, 0.2) is 30.9 Å². The minimum absolute atomic E-state index is 0.0544. The molecule has 0 aliphatic carbocycles. The fraction of sp³-hybridized carbons (Fsp3) is 0.688. The summed E-state index contributed by atoms with van der Waals surface area (Å²) in [5, 5.41) is 0.0859. The normalized spacial score (nSPS) is 18.0. The standard InChI is InChI=1S/C32H52O4Si/c1-9-11-12-19-26(35-31-24-15-16-25-34-31)20-13-14-22-30(36-37(7,8)32(3,4)5)28-21-17-23-29(33-6)27(28)18-10-2/h10,17,21,23,26,30-31H,2,9,11-13,15-16,18-20,24-25H2,1,3-8H3/t26-,30-,31?/m0/s1. The predicted molar refractivity (Wildman–Crippen MR) is 158 cm³/mol. The van der Waals surface area contributed by atoms with Gasteiger partial charge in [0.25, 0.3) is 0 Å². The summed E-state index contributed by atoms with van der Waals surface area (Å²) in [6, 6.07) is 6.17. The van der Waals surface area contributed by atoms with Crippen molar-refractivity contribution in [2.24, 2.45) is 0 Å². The molecule has 37 heavy (non-hydrogen) atoms. The molecule has 1 aromatic rings. The topological polar surface area (TPSA) is 36.9 Å². The van der Waals surface area contributed by atoms with Crippen LogP contribution in [0.2, 0.25) is 18.1 Å². The lowest BCUT2D eigenvalue weighted by molar-refractivity contribution is -0.190. The van der Waals surface area contributed by atoms with Gasteiger partial charge in [-0.15, -0.1) is 12.5 Å². The summed E-state index contributed by atoms with van der Waals surface area (Å²) in [6.45, 7) is 18.4. The van der Waals surface area contributed by atoms with E-state index in [2.05, 4.69) is 65.3 Å². The first-order valence-electron chi connectivity index (χ1n) is 14.3. The van der Waals surface area contributed by atoms with Crippen LogP contribution in [0.3, 0.4) is 0 Å². The molecule has 4 nitrogen and oxygen atoms in total. The summed E-state index contributed by atoms with van der Waals surface area (Å²) in [4.78, 5) is 0. The van der Waals surface area contributed by atoms with Crippen molar-refractivity contribution in [3.8, 4) is 17.6 Å². The van der Waals surface area contributed by atoms with E-state index in [0.717, 1.165) is 55.6 Å².